The quantitative estimate of drug-likeness (QED) is 0.177. The number of benzene rings is 8. The van der Waals surface area contributed by atoms with Gasteiger partial charge in [0.25, 0.3) is 0 Å². The molecule has 0 N–H and O–H groups in total. The molecule has 2 heterocycles. The molecule has 224 valence electrons. The van der Waals surface area contributed by atoms with Gasteiger partial charge in [-0.2, -0.15) is 0 Å². The van der Waals surface area contributed by atoms with Gasteiger partial charge < -0.3 is 4.42 Å². The lowest BCUT2D eigenvalue weighted by atomic mass is 9.85. The Kier molecular flexibility index (Phi) is 6.12. The van der Waals surface area contributed by atoms with Gasteiger partial charge in [-0.3, -0.25) is 0 Å². The van der Waals surface area contributed by atoms with Crippen molar-refractivity contribution in [2.45, 2.75) is 0 Å². The Bertz CT molecular complexity index is 2780. The van der Waals surface area contributed by atoms with Gasteiger partial charge in [-0.15, -0.1) is 11.3 Å². The molecule has 0 amide bonds. The molecule has 10 aromatic rings. The van der Waals surface area contributed by atoms with Crippen molar-refractivity contribution >= 4 is 64.0 Å². The van der Waals surface area contributed by atoms with Crippen LogP contribution in [0.4, 0.5) is 0 Å². The highest BCUT2D eigenvalue weighted by atomic mass is 32.1. The van der Waals surface area contributed by atoms with Crippen LogP contribution >= 0.6 is 11.3 Å². The van der Waals surface area contributed by atoms with Gasteiger partial charge in [0.2, 0.25) is 0 Å². The van der Waals surface area contributed by atoms with Crippen LogP contribution in [0.3, 0.4) is 0 Å². The van der Waals surface area contributed by atoms with E-state index in [2.05, 4.69) is 170 Å². The zero-order chi connectivity index (χ0) is 31.6. The fraction of sp³-hybridized carbons (Fsp3) is 0. The van der Waals surface area contributed by atoms with Crippen LogP contribution < -0.4 is 0 Å². The topological polar surface area (TPSA) is 13.1 Å². The van der Waals surface area contributed by atoms with Gasteiger partial charge in [-0.1, -0.05) is 152 Å². The molecule has 0 aliphatic carbocycles. The summed E-state index contributed by atoms with van der Waals surface area (Å²) in [5, 5.41) is 8.50. The van der Waals surface area contributed by atoms with Crippen LogP contribution in [0.1, 0.15) is 0 Å². The molecule has 0 saturated heterocycles. The standard InChI is InChI=1S/C46H28OS/c1-2-14-29(15-3-1)30-16-12-17-31(28-30)42-33-19-4-6-21-35(33)43(36-22-7-5-20-34(36)42)45-44(38-23-8-10-26-40(38)47-45)39-25-13-24-37-32-18-9-11-27-41(32)48-46(37)39/h1-28H. The molecular weight excluding hydrogens is 601 g/mol. The Labute approximate surface area is 282 Å². The van der Waals surface area contributed by atoms with Crippen molar-refractivity contribution in [2.24, 2.45) is 0 Å². The van der Waals surface area contributed by atoms with E-state index in [9.17, 15) is 0 Å². The van der Waals surface area contributed by atoms with Crippen molar-refractivity contribution in [3.05, 3.63) is 170 Å². The lowest BCUT2D eigenvalue weighted by Crippen LogP contribution is -1.91. The van der Waals surface area contributed by atoms with Crippen LogP contribution in [-0.4, -0.2) is 0 Å². The molecule has 0 radical (unpaired) electrons. The summed E-state index contributed by atoms with van der Waals surface area (Å²) in [4.78, 5) is 0. The predicted octanol–water partition coefficient (Wildman–Crippen LogP) is 13.8. The zero-order valence-electron chi connectivity index (χ0n) is 26.0. The summed E-state index contributed by atoms with van der Waals surface area (Å²) in [6, 6.07) is 61.2. The molecule has 0 aliphatic heterocycles. The molecule has 8 aromatic carbocycles. The minimum absolute atomic E-state index is 0.897. The molecule has 0 saturated carbocycles. The largest absolute Gasteiger partial charge is 0.455 e. The van der Waals surface area contributed by atoms with Crippen molar-refractivity contribution < 1.29 is 4.42 Å². The second kappa shape index (κ2) is 10.8. The second-order valence-electron chi connectivity index (χ2n) is 12.4. The highest BCUT2D eigenvalue weighted by Crippen LogP contribution is 2.51. The Morgan fingerprint density at radius 1 is 0.354 bits per heavy atom. The van der Waals surface area contributed by atoms with E-state index in [0.717, 1.165) is 27.9 Å². The Morgan fingerprint density at radius 2 is 0.896 bits per heavy atom. The summed E-state index contributed by atoms with van der Waals surface area (Å²) in [5.74, 6) is 0.915. The van der Waals surface area contributed by atoms with Crippen LogP contribution in [-0.2, 0) is 0 Å². The highest BCUT2D eigenvalue weighted by molar-refractivity contribution is 7.26. The molecule has 2 aromatic heterocycles. The minimum atomic E-state index is 0.897. The lowest BCUT2D eigenvalue weighted by molar-refractivity contribution is 0.634. The average Bonchev–Trinajstić information content (AvgIpc) is 3.73. The van der Waals surface area contributed by atoms with E-state index in [4.69, 9.17) is 4.42 Å². The maximum Gasteiger partial charge on any atom is 0.144 e. The third-order valence-corrected chi connectivity index (χ3v) is 10.9. The van der Waals surface area contributed by atoms with E-state index >= 15 is 0 Å². The van der Waals surface area contributed by atoms with Crippen molar-refractivity contribution in [1.82, 2.24) is 0 Å². The predicted molar refractivity (Wildman–Crippen MR) is 206 cm³/mol. The summed E-state index contributed by atoms with van der Waals surface area (Å²) in [6.45, 7) is 0. The summed E-state index contributed by atoms with van der Waals surface area (Å²) in [6.07, 6.45) is 0. The molecule has 0 spiro atoms. The number of rotatable bonds is 4. The van der Waals surface area contributed by atoms with Crippen molar-refractivity contribution in [3.63, 3.8) is 0 Å². The van der Waals surface area contributed by atoms with E-state index in [1.165, 1.54) is 69.5 Å². The molecular formula is C46H28OS. The van der Waals surface area contributed by atoms with Gasteiger partial charge >= 0.3 is 0 Å². The third-order valence-electron chi connectivity index (χ3n) is 9.69. The second-order valence-corrected chi connectivity index (χ2v) is 13.4. The summed E-state index contributed by atoms with van der Waals surface area (Å²) in [7, 11) is 0. The Balaban J connectivity index is 1.31. The highest BCUT2D eigenvalue weighted by Gasteiger charge is 2.25. The van der Waals surface area contributed by atoms with Crippen molar-refractivity contribution in [2.75, 3.05) is 0 Å². The maximum atomic E-state index is 7.01. The zero-order valence-corrected chi connectivity index (χ0v) is 26.8. The number of hydrogen-bond acceptors (Lipinski definition) is 2. The van der Waals surface area contributed by atoms with Crippen LogP contribution in [0.2, 0.25) is 0 Å². The molecule has 1 nitrogen and oxygen atoms in total. The number of thiophene rings is 1. The van der Waals surface area contributed by atoms with Gasteiger partial charge in [-0.25, -0.2) is 0 Å². The van der Waals surface area contributed by atoms with Gasteiger partial charge in [0, 0.05) is 42.2 Å². The molecule has 0 bridgehead atoms. The maximum absolute atomic E-state index is 7.01. The van der Waals surface area contributed by atoms with Gasteiger partial charge in [0.15, 0.2) is 0 Å². The van der Waals surface area contributed by atoms with Crippen LogP contribution in [0.15, 0.2) is 174 Å². The Hall–Kier alpha value is -5.96. The van der Waals surface area contributed by atoms with Gasteiger partial charge in [0.05, 0.1) is 0 Å². The third kappa shape index (κ3) is 4.10. The first-order valence-corrected chi connectivity index (χ1v) is 17.2. The van der Waals surface area contributed by atoms with Gasteiger partial charge in [0.1, 0.15) is 11.3 Å². The first-order valence-electron chi connectivity index (χ1n) is 16.4. The molecule has 10 rings (SSSR count). The number of furan rings is 1. The van der Waals surface area contributed by atoms with E-state index in [1.54, 1.807) is 0 Å². The Morgan fingerprint density at radius 3 is 1.65 bits per heavy atom. The number of para-hydroxylation sites is 1. The van der Waals surface area contributed by atoms with Crippen LogP contribution in [0, 0.1) is 0 Å². The van der Waals surface area contributed by atoms with E-state index < -0.39 is 0 Å². The minimum Gasteiger partial charge on any atom is -0.455 e. The normalized spacial score (nSPS) is 11.8. The molecule has 0 atom stereocenters. The smallest absolute Gasteiger partial charge is 0.144 e. The van der Waals surface area contributed by atoms with Gasteiger partial charge in [-0.05, 0) is 62.0 Å². The van der Waals surface area contributed by atoms with Crippen molar-refractivity contribution in [3.8, 4) is 44.7 Å². The van der Waals surface area contributed by atoms with Crippen LogP contribution in [0.5, 0.6) is 0 Å². The molecule has 48 heavy (non-hydrogen) atoms. The van der Waals surface area contributed by atoms with Crippen LogP contribution in [0.25, 0.3) is 97.4 Å². The number of fused-ring (bicyclic) bond motifs is 6. The summed E-state index contributed by atoms with van der Waals surface area (Å²) < 4.78 is 9.59. The molecule has 2 heteroatoms. The fourth-order valence-corrected chi connectivity index (χ4v) is 8.82. The molecule has 0 aliphatic rings. The van der Waals surface area contributed by atoms with E-state index in [-0.39, 0.29) is 0 Å². The SMILES string of the molecule is c1ccc(-c2cccc(-c3c4ccccc4c(-c4oc5ccccc5c4-c4cccc5c4sc4ccccc45)c4ccccc34)c2)cc1. The molecule has 0 unspecified atom stereocenters. The first kappa shape index (κ1) is 27.2. The summed E-state index contributed by atoms with van der Waals surface area (Å²) in [5.41, 5.74) is 9.26. The van der Waals surface area contributed by atoms with Crippen molar-refractivity contribution in [1.29, 1.82) is 0 Å². The molecule has 0 fully saturated rings. The average molecular weight is 629 g/mol. The monoisotopic (exact) mass is 628 g/mol. The van der Waals surface area contributed by atoms with E-state index in [1.807, 2.05) is 11.3 Å². The summed E-state index contributed by atoms with van der Waals surface area (Å²) >= 11 is 1.86. The fourth-order valence-electron chi connectivity index (χ4n) is 7.60. The lowest BCUT2D eigenvalue weighted by Gasteiger charge is -2.18. The number of hydrogen-bond donors (Lipinski definition) is 0. The first-order chi connectivity index (χ1) is 23.8. The van der Waals surface area contributed by atoms with E-state index in [0.29, 0.717) is 0 Å².